The standard InChI is InChI=1S/C7H10FNO/c8-5-3-6-1-2-7(10)9(6)4-5/h5-6H,1-4H2/t5-,6?/m1/s1. The van der Waals surface area contributed by atoms with Crippen LogP contribution < -0.4 is 0 Å². The highest BCUT2D eigenvalue weighted by Gasteiger charge is 2.39. The number of hydrogen-bond acceptors (Lipinski definition) is 1. The molecule has 0 aromatic rings. The third-order valence-electron chi connectivity index (χ3n) is 2.38. The van der Waals surface area contributed by atoms with Gasteiger partial charge in [-0.05, 0) is 6.42 Å². The third-order valence-corrected chi connectivity index (χ3v) is 2.38. The Morgan fingerprint density at radius 2 is 2.40 bits per heavy atom. The maximum Gasteiger partial charge on any atom is 0.222 e. The van der Waals surface area contributed by atoms with Crippen LogP contribution in [0.1, 0.15) is 19.3 Å². The summed E-state index contributed by atoms with van der Waals surface area (Å²) in [6, 6.07) is 0.238. The first-order chi connectivity index (χ1) is 4.77. The zero-order chi connectivity index (χ0) is 7.14. The fraction of sp³-hybridized carbons (Fsp3) is 0.857. The van der Waals surface area contributed by atoms with Gasteiger partial charge in [-0.25, -0.2) is 4.39 Å². The lowest BCUT2D eigenvalue weighted by atomic mass is 10.1. The van der Waals surface area contributed by atoms with Crippen LogP contribution in [0, 0.1) is 0 Å². The highest BCUT2D eigenvalue weighted by atomic mass is 19.1. The molecule has 2 aliphatic rings. The van der Waals surface area contributed by atoms with Crippen molar-refractivity contribution in [2.24, 2.45) is 0 Å². The van der Waals surface area contributed by atoms with Gasteiger partial charge in [-0.2, -0.15) is 0 Å². The largest absolute Gasteiger partial charge is 0.337 e. The number of nitrogens with zero attached hydrogens (tertiary/aromatic N) is 1. The lowest BCUT2D eigenvalue weighted by molar-refractivity contribution is -0.128. The first kappa shape index (κ1) is 6.13. The quantitative estimate of drug-likeness (QED) is 0.489. The summed E-state index contributed by atoms with van der Waals surface area (Å²) in [4.78, 5) is 12.6. The van der Waals surface area contributed by atoms with E-state index in [1.54, 1.807) is 4.90 Å². The van der Waals surface area contributed by atoms with Crippen LogP contribution in [0.4, 0.5) is 4.39 Å². The molecule has 0 bridgehead atoms. The van der Waals surface area contributed by atoms with Crippen LogP contribution in [0.15, 0.2) is 0 Å². The van der Waals surface area contributed by atoms with Crippen molar-refractivity contribution in [3.63, 3.8) is 0 Å². The zero-order valence-corrected chi connectivity index (χ0v) is 5.72. The lowest BCUT2D eigenvalue weighted by Crippen LogP contribution is -2.27. The second-order valence-corrected chi connectivity index (χ2v) is 3.07. The van der Waals surface area contributed by atoms with Crippen LogP contribution in [0.5, 0.6) is 0 Å². The predicted molar refractivity (Wildman–Crippen MR) is 34.2 cm³/mol. The maximum absolute atomic E-state index is 12.6. The molecule has 1 unspecified atom stereocenters. The molecule has 0 spiro atoms. The average molecular weight is 143 g/mol. The van der Waals surface area contributed by atoms with Gasteiger partial charge in [-0.3, -0.25) is 4.79 Å². The number of rotatable bonds is 0. The van der Waals surface area contributed by atoms with Gasteiger partial charge in [0.1, 0.15) is 6.17 Å². The van der Waals surface area contributed by atoms with Gasteiger partial charge in [0, 0.05) is 18.9 Å². The summed E-state index contributed by atoms with van der Waals surface area (Å²) in [6.45, 7) is 0.351. The van der Waals surface area contributed by atoms with Gasteiger partial charge in [-0.15, -0.1) is 0 Å². The molecule has 2 nitrogen and oxygen atoms in total. The maximum atomic E-state index is 12.6. The fourth-order valence-corrected chi connectivity index (χ4v) is 1.87. The molecule has 2 rings (SSSR count). The molecule has 0 saturated carbocycles. The minimum atomic E-state index is -0.755. The predicted octanol–water partition coefficient (Wildman–Crippen LogP) is 0.719. The van der Waals surface area contributed by atoms with Gasteiger partial charge >= 0.3 is 0 Å². The van der Waals surface area contributed by atoms with Gasteiger partial charge in [0.05, 0.1) is 6.54 Å². The number of alkyl halides is 1. The second kappa shape index (κ2) is 1.94. The van der Waals surface area contributed by atoms with Crippen molar-refractivity contribution in [3.05, 3.63) is 0 Å². The Labute approximate surface area is 59.0 Å². The third kappa shape index (κ3) is 0.728. The Morgan fingerprint density at radius 1 is 1.60 bits per heavy atom. The van der Waals surface area contributed by atoms with Crippen molar-refractivity contribution in [3.8, 4) is 0 Å². The summed E-state index contributed by atoms with van der Waals surface area (Å²) in [5.41, 5.74) is 0. The minimum absolute atomic E-state index is 0.144. The Morgan fingerprint density at radius 3 is 3.10 bits per heavy atom. The number of hydrogen-bond donors (Lipinski definition) is 0. The highest BCUT2D eigenvalue weighted by Crippen LogP contribution is 2.29. The van der Waals surface area contributed by atoms with E-state index in [1.165, 1.54) is 0 Å². The van der Waals surface area contributed by atoms with E-state index in [0.717, 1.165) is 6.42 Å². The van der Waals surface area contributed by atoms with Gasteiger partial charge in [0.2, 0.25) is 5.91 Å². The van der Waals surface area contributed by atoms with Gasteiger partial charge in [-0.1, -0.05) is 0 Å². The number of carbonyl (C=O) groups is 1. The molecule has 0 aliphatic carbocycles. The van der Waals surface area contributed by atoms with Crippen molar-refractivity contribution >= 4 is 5.91 Å². The SMILES string of the molecule is O=C1CCC2C[C@@H](F)CN12. The molecule has 2 atom stereocenters. The van der Waals surface area contributed by atoms with Crippen LogP contribution in [0.3, 0.4) is 0 Å². The highest BCUT2D eigenvalue weighted by molar-refractivity contribution is 5.79. The molecule has 0 aromatic carbocycles. The second-order valence-electron chi connectivity index (χ2n) is 3.07. The first-order valence-electron chi connectivity index (χ1n) is 3.71. The summed E-state index contributed by atoms with van der Waals surface area (Å²) in [5, 5.41) is 0. The van der Waals surface area contributed by atoms with Gasteiger partial charge < -0.3 is 4.90 Å². The molecular weight excluding hydrogens is 133 g/mol. The van der Waals surface area contributed by atoms with E-state index in [2.05, 4.69) is 0 Å². The molecule has 0 radical (unpaired) electrons. The smallest absolute Gasteiger partial charge is 0.222 e. The minimum Gasteiger partial charge on any atom is -0.337 e. The van der Waals surface area contributed by atoms with Crippen LogP contribution in [-0.2, 0) is 4.79 Å². The van der Waals surface area contributed by atoms with Crippen molar-refractivity contribution < 1.29 is 9.18 Å². The summed E-state index contributed by atoms with van der Waals surface area (Å²) >= 11 is 0. The Bertz CT molecular complexity index is 171. The normalized spacial score (nSPS) is 38.9. The van der Waals surface area contributed by atoms with Crippen molar-refractivity contribution in [1.29, 1.82) is 0 Å². The molecule has 3 heteroatoms. The van der Waals surface area contributed by atoms with Gasteiger partial charge in [0.25, 0.3) is 0 Å². The topological polar surface area (TPSA) is 20.3 Å². The van der Waals surface area contributed by atoms with E-state index in [4.69, 9.17) is 0 Å². The number of halogens is 1. The van der Waals surface area contributed by atoms with E-state index in [-0.39, 0.29) is 11.9 Å². The van der Waals surface area contributed by atoms with Crippen LogP contribution in [0.25, 0.3) is 0 Å². The van der Waals surface area contributed by atoms with E-state index < -0.39 is 6.17 Å². The monoisotopic (exact) mass is 143 g/mol. The number of carbonyl (C=O) groups excluding carboxylic acids is 1. The Kier molecular flexibility index (Phi) is 1.19. The van der Waals surface area contributed by atoms with Crippen LogP contribution >= 0.6 is 0 Å². The molecule has 2 heterocycles. The number of amides is 1. The first-order valence-corrected chi connectivity index (χ1v) is 3.71. The van der Waals surface area contributed by atoms with Crippen molar-refractivity contribution in [2.75, 3.05) is 6.54 Å². The number of fused-ring (bicyclic) bond motifs is 1. The van der Waals surface area contributed by atoms with E-state index in [1.807, 2.05) is 0 Å². The molecule has 2 fully saturated rings. The molecule has 2 aliphatic heterocycles. The summed E-state index contributed by atoms with van der Waals surface area (Å²) < 4.78 is 12.6. The van der Waals surface area contributed by atoms with Crippen LogP contribution in [-0.4, -0.2) is 29.6 Å². The van der Waals surface area contributed by atoms with Crippen molar-refractivity contribution in [2.45, 2.75) is 31.5 Å². The van der Waals surface area contributed by atoms with Crippen LogP contribution in [0.2, 0.25) is 0 Å². The molecule has 0 N–H and O–H groups in total. The molecular formula is C7H10FNO. The lowest BCUT2D eigenvalue weighted by Gasteiger charge is -2.12. The van der Waals surface area contributed by atoms with Crippen molar-refractivity contribution in [1.82, 2.24) is 4.90 Å². The Hall–Kier alpha value is -0.600. The van der Waals surface area contributed by atoms with Gasteiger partial charge in [0.15, 0.2) is 0 Å². The summed E-state index contributed by atoms with van der Waals surface area (Å²) in [7, 11) is 0. The molecule has 56 valence electrons. The van der Waals surface area contributed by atoms with E-state index in [0.29, 0.717) is 19.4 Å². The zero-order valence-electron chi connectivity index (χ0n) is 5.72. The molecule has 1 amide bonds. The van der Waals surface area contributed by atoms with E-state index >= 15 is 0 Å². The fourth-order valence-electron chi connectivity index (χ4n) is 1.87. The van der Waals surface area contributed by atoms with E-state index in [9.17, 15) is 9.18 Å². The average Bonchev–Trinajstić information content (AvgIpc) is 2.35. The summed E-state index contributed by atoms with van der Waals surface area (Å²) in [6.07, 6.45) is 1.33. The molecule has 2 saturated heterocycles. The Balaban J connectivity index is 2.12. The summed E-state index contributed by atoms with van der Waals surface area (Å²) in [5.74, 6) is 0.144. The molecule has 10 heavy (non-hydrogen) atoms. The molecule has 0 aromatic heterocycles.